The Bertz CT molecular complexity index is 141. The molecule has 0 rings (SSSR count). The van der Waals surface area contributed by atoms with Crippen molar-refractivity contribution >= 4 is 52.8 Å². The molecule has 0 atom stereocenters. The Morgan fingerprint density at radius 3 is 2.00 bits per heavy atom. The third-order valence-corrected chi connectivity index (χ3v) is 1.77. The van der Waals surface area contributed by atoms with Crippen molar-refractivity contribution in [1.82, 2.24) is 4.31 Å². The molecule has 0 bridgehead atoms. The highest BCUT2D eigenvalue weighted by atomic mass is 35.6. The minimum Gasteiger partial charge on any atom is -0.464 e. The van der Waals surface area contributed by atoms with Gasteiger partial charge < -0.3 is 5.11 Å². The lowest BCUT2D eigenvalue weighted by Crippen LogP contribution is -2.20. The van der Waals surface area contributed by atoms with Crippen LogP contribution in [-0.2, 0) is 0 Å². The number of hydrogen-bond donors (Lipinski definition) is 1. The third kappa shape index (κ3) is 8.33. The van der Waals surface area contributed by atoms with Gasteiger partial charge in [0, 0.05) is 19.0 Å². The van der Waals surface area contributed by atoms with Gasteiger partial charge in [-0.05, 0) is 0 Å². The van der Waals surface area contributed by atoms with E-state index in [9.17, 15) is 4.79 Å². The molecule has 0 aliphatic rings. The van der Waals surface area contributed by atoms with Gasteiger partial charge in [0.05, 0.1) is 0 Å². The van der Waals surface area contributed by atoms with Gasteiger partial charge in [0.15, 0.2) is 0 Å². The molecule has 1 N–H and O–H groups in total. The number of carbonyl (C=O) groups is 1. The predicted octanol–water partition coefficient (Wildman–Crippen LogP) is 2.72. The van der Waals surface area contributed by atoms with Gasteiger partial charge >= 0.3 is 6.09 Å². The summed E-state index contributed by atoms with van der Waals surface area (Å²) in [6.45, 7) is 0. The standard InChI is InChI=1S/C3H4Cl3NO2S.FH/c1-7(2(8)9)10-3(4,5)6;/h1H3,(H,8,9);1H. The fraction of sp³-hybridized carbons (Fsp3) is 0.667. The summed E-state index contributed by atoms with van der Waals surface area (Å²) in [5.74, 6) is 0. The zero-order valence-corrected chi connectivity index (χ0v) is 8.34. The van der Waals surface area contributed by atoms with E-state index in [1.807, 2.05) is 0 Å². The van der Waals surface area contributed by atoms with Crippen LogP contribution < -0.4 is 0 Å². The van der Waals surface area contributed by atoms with Crippen LogP contribution >= 0.6 is 46.8 Å². The van der Waals surface area contributed by atoms with E-state index in [-0.39, 0.29) is 4.70 Å². The lowest BCUT2D eigenvalue weighted by atomic mass is 11.1. The average molecular weight is 245 g/mol. The molecule has 3 nitrogen and oxygen atoms in total. The summed E-state index contributed by atoms with van der Waals surface area (Å²) in [5, 5.41) is 8.27. The molecule has 0 heterocycles. The fourth-order valence-corrected chi connectivity index (χ4v) is 1.51. The van der Waals surface area contributed by atoms with Crippen molar-refractivity contribution in [2.75, 3.05) is 7.05 Å². The molecule has 1 amide bonds. The fourth-order valence-electron chi connectivity index (χ4n) is 0.194. The number of nitrogens with zero attached hydrogens (tertiary/aromatic N) is 1. The van der Waals surface area contributed by atoms with Gasteiger partial charge in [-0.15, -0.1) is 0 Å². The van der Waals surface area contributed by atoms with Crippen molar-refractivity contribution in [3.05, 3.63) is 0 Å². The Morgan fingerprint density at radius 2 is 1.91 bits per heavy atom. The molecule has 0 fully saturated rings. The Morgan fingerprint density at radius 1 is 1.55 bits per heavy atom. The Labute approximate surface area is 82.1 Å². The SMILES string of the molecule is CN(SC(Cl)(Cl)Cl)C(=O)O.F. The Kier molecular flexibility index (Phi) is 6.52. The van der Waals surface area contributed by atoms with Crippen LogP contribution in [0.5, 0.6) is 0 Å². The predicted molar refractivity (Wildman–Crippen MR) is 46.2 cm³/mol. The van der Waals surface area contributed by atoms with Gasteiger partial charge in [-0.25, -0.2) is 4.79 Å². The van der Waals surface area contributed by atoms with E-state index in [0.29, 0.717) is 11.9 Å². The number of hydrogen-bond acceptors (Lipinski definition) is 2. The van der Waals surface area contributed by atoms with E-state index >= 15 is 0 Å². The highest BCUT2D eigenvalue weighted by Gasteiger charge is 2.25. The largest absolute Gasteiger partial charge is 0.464 e. The van der Waals surface area contributed by atoms with Crippen molar-refractivity contribution in [3.63, 3.8) is 0 Å². The molecule has 68 valence electrons. The summed E-state index contributed by atoms with van der Waals surface area (Å²) in [7, 11) is 1.29. The molecule has 11 heavy (non-hydrogen) atoms. The van der Waals surface area contributed by atoms with Gasteiger partial charge in [0.1, 0.15) is 0 Å². The van der Waals surface area contributed by atoms with Crippen LogP contribution in [0.3, 0.4) is 0 Å². The summed E-state index contributed by atoms with van der Waals surface area (Å²) in [6.07, 6.45) is -1.16. The molecule has 0 saturated heterocycles. The van der Waals surface area contributed by atoms with Crippen molar-refractivity contribution in [3.8, 4) is 0 Å². The molecule has 0 unspecified atom stereocenters. The van der Waals surface area contributed by atoms with Gasteiger partial charge in [-0.3, -0.25) is 9.01 Å². The highest BCUT2D eigenvalue weighted by Crippen LogP contribution is 2.40. The smallest absolute Gasteiger partial charge is 0.417 e. The van der Waals surface area contributed by atoms with E-state index in [4.69, 9.17) is 39.9 Å². The van der Waals surface area contributed by atoms with E-state index in [0.717, 1.165) is 4.31 Å². The highest BCUT2D eigenvalue weighted by molar-refractivity contribution is 8.03. The lowest BCUT2D eigenvalue weighted by Gasteiger charge is -2.16. The first kappa shape index (κ1) is 14.0. The van der Waals surface area contributed by atoms with Crippen LogP contribution in [0.4, 0.5) is 9.50 Å². The number of amides is 1. The molecule has 0 aromatic carbocycles. The lowest BCUT2D eigenvalue weighted by molar-refractivity contribution is 0.181. The normalized spacial score (nSPS) is 10.2. The minimum atomic E-state index is -1.62. The number of alkyl halides is 3. The maximum atomic E-state index is 10.1. The Hall–Kier alpha value is 0.420. The maximum absolute atomic E-state index is 10.1. The van der Waals surface area contributed by atoms with Gasteiger partial charge in [0.2, 0.25) is 0 Å². The van der Waals surface area contributed by atoms with Gasteiger partial charge in [-0.2, -0.15) is 0 Å². The first-order valence-corrected chi connectivity index (χ1v) is 3.96. The summed E-state index contributed by atoms with van der Waals surface area (Å²) >= 11 is 16.4. The van der Waals surface area contributed by atoms with E-state index in [1.165, 1.54) is 7.05 Å². The molecule has 0 spiro atoms. The second-order valence-electron chi connectivity index (χ2n) is 1.32. The van der Waals surface area contributed by atoms with E-state index in [1.54, 1.807) is 0 Å². The topological polar surface area (TPSA) is 40.5 Å². The van der Waals surface area contributed by atoms with E-state index in [2.05, 4.69) is 0 Å². The van der Waals surface area contributed by atoms with Crippen LogP contribution in [0.2, 0.25) is 0 Å². The van der Waals surface area contributed by atoms with Crippen molar-refractivity contribution in [2.45, 2.75) is 3.12 Å². The van der Waals surface area contributed by atoms with Crippen LogP contribution in [0, 0.1) is 0 Å². The average Bonchev–Trinajstić information content (AvgIpc) is 1.60. The molecule has 0 aliphatic carbocycles. The first-order valence-electron chi connectivity index (χ1n) is 2.05. The third-order valence-electron chi connectivity index (χ3n) is 0.510. The molecule has 0 aliphatic heterocycles. The molecule has 8 heteroatoms. The zero-order chi connectivity index (χ0) is 8.36. The molecule has 0 aromatic rings. The minimum absolute atomic E-state index is 0. The van der Waals surface area contributed by atoms with Gasteiger partial charge in [0.25, 0.3) is 3.12 Å². The summed E-state index contributed by atoms with van der Waals surface area (Å²) in [4.78, 5) is 10.1. The zero-order valence-electron chi connectivity index (χ0n) is 5.25. The maximum Gasteiger partial charge on any atom is 0.417 e. The second-order valence-corrected chi connectivity index (χ2v) is 5.61. The van der Waals surface area contributed by atoms with Crippen molar-refractivity contribution < 1.29 is 14.6 Å². The van der Waals surface area contributed by atoms with Crippen LogP contribution in [0.1, 0.15) is 0 Å². The molecular formula is C3H5Cl3FNO2S. The molecule has 0 radical (unpaired) electrons. The van der Waals surface area contributed by atoms with Crippen LogP contribution in [-0.4, -0.2) is 25.7 Å². The second kappa shape index (κ2) is 5.13. The summed E-state index contributed by atoms with van der Waals surface area (Å²) in [5.41, 5.74) is 0. The quantitative estimate of drug-likeness (QED) is 0.569. The molecular weight excluding hydrogens is 239 g/mol. The number of carboxylic acid groups (broad SMARTS) is 1. The van der Waals surface area contributed by atoms with Crippen LogP contribution in [0.25, 0.3) is 0 Å². The van der Waals surface area contributed by atoms with Crippen molar-refractivity contribution in [2.24, 2.45) is 0 Å². The monoisotopic (exact) mass is 243 g/mol. The summed E-state index contributed by atoms with van der Waals surface area (Å²) < 4.78 is -0.805. The Balaban J connectivity index is 0. The summed E-state index contributed by atoms with van der Waals surface area (Å²) in [6, 6.07) is 0. The van der Waals surface area contributed by atoms with E-state index < -0.39 is 9.22 Å². The van der Waals surface area contributed by atoms with Crippen molar-refractivity contribution in [1.29, 1.82) is 0 Å². The first-order chi connectivity index (χ1) is 4.33. The molecule has 0 aromatic heterocycles. The number of rotatable bonds is 1. The van der Waals surface area contributed by atoms with Gasteiger partial charge in [-0.1, -0.05) is 34.8 Å². The molecule has 0 saturated carbocycles. The number of halogens is 4. The van der Waals surface area contributed by atoms with Crippen LogP contribution in [0.15, 0.2) is 0 Å².